The van der Waals surface area contributed by atoms with E-state index in [0.717, 1.165) is 23.4 Å². The van der Waals surface area contributed by atoms with Crippen LogP contribution in [0.1, 0.15) is 74.3 Å². The molecule has 1 saturated heterocycles. The molecule has 1 fully saturated rings. The van der Waals surface area contributed by atoms with E-state index in [1.54, 1.807) is 14.2 Å². The lowest BCUT2D eigenvalue weighted by atomic mass is 9.80. The molecule has 3 aromatic carbocycles. The number of methoxy groups -OCH3 is 3. The van der Waals surface area contributed by atoms with Gasteiger partial charge >= 0.3 is 11.7 Å². The monoisotopic (exact) mass is 847 g/mol. The molecule has 5 rings (SSSR count). The number of ether oxygens (including phenoxy) is 5. The summed E-state index contributed by atoms with van der Waals surface area (Å²) < 4.78 is 62.5. The SMILES string of the molecule is COC(=O)c1cn([C@H]2O[C@H](COC(c3ccccc3)(c3ccc(OC)cc3)c3ccc(OC)cc3)[C@@H](OP(OCCC#N)N(C(C)C)C(C)C)C2F)c(=O)nc1NC(C)=O. The second-order valence-electron chi connectivity index (χ2n) is 14.3. The third-order valence-electron chi connectivity index (χ3n) is 9.70. The molecule has 0 spiro atoms. The largest absolute Gasteiger partial charge is 0.497 e. The molecule has 0 aliphatic carbocycles. The Kier molecular flexibility index (Phi) is 15.9. The van der Waals surface area contributed by atoms with Gasteiger partial charge in [-0.1, -0.05) is 54.6 Å². The highest BCUT2D eigenvalue weighted by atomic mass is 31.2. The molecule has 4 aromatic rings. The molecular weight excluding hydrogens is 796 g/mol. The maximum absolute atomic E-state index is 17.4. The molecule has 320 valence electrons. The Morgan fingerprint density at radius 3 is 2.02 bits per heavy atom. The number of hydrogen-bond donors (Lipinski definition) is 1. The zero-order chi connectivity index (χ0) is 43.6. The minimum Gasteiger partial charge on any atom is -0.497 e. The number of carbonyl (C=O) groups is 2. The number of amides is 1. The van der Waals surface area contributed by atoms with Gasteiger partial charge in [0.25, 0.3) is 8.53 Å². The van der Waals surface area contributed by atoms with E-state index in [-0.39, 0.29) is 43.1 Å². The average Bonchev–Trinajstić information content (AvgIpc) is 3.54. The van der Waals surface area contributed by atoms with Crippen molar-refractivity contribution < 1.29 is 46.7 Å². The van der Waals surface area contributed by atoms with E-state index < -0.39 is 56.3 Å². The summed E-state index contributed by atoms with van der Waals surface area (Å²) in [5.74, 6) is -0.665. The van der Waals surface area contributed by atoms with E-state index in [9.17, 15) is 19.6 Å². The van der Waals surface area contributed by atoms with Gasteiger partial charge in [-0.25, -0.2) is 18.6 Å². The van der Waals surface area contributed by atoms with E-state index in [1.165, 1.54) is 6.92 Å². The Hall–Kier alpha value is -5.27. The van der Waals surface area contributed by atoms with Crippen LogP contribution in [0.2, 0.25) is 0 Å². The third kappa shape index (κ3) is 10.2. The summed E-state index contributed by atoms with van der Waals surface area (Å²) in [5.41, 5.74) is -0.539. The van der Waals surface area contributed by atoms with E-state index in [0.29, 0.717) is 22.6 Å². The lowest BCUT2D eigenvalue weighted by Crippen LogP contribution is -2.41. The molecule has 0 saturated carbocycles. The van der Waals surface area contributed by atoms with Crippen molar-refractivity contribution in [1.82, 2.24) is 14.2 Å². The van der Waals surface area contributed by atoms with Crippen LogP contribution in [0.3, 0.4) is 0 Å². The Balaban J connectivity index is 1.67. The Bertz CT molecular complexity index is 2100. The first-order valence-electron chi connectivity index (χ1n) is 19.3. The fourth-order valence-electron chi connectivity index (χ4n) is 7.03. The van der Waals surface area contributed by atoms with Gasteiger partial charge in [0.2, 0.25) is 5.91 Å². The van der Waals surface area contributed by atoms with E-state index in [1.807, 2.05) is 111 Å². The number of nitrogens with zero attached hydrogens (tertiary/aromatic N) is 4. The summed E-state index contributed by atoms with van der Waals surface area (Å²) in [6.45, 7) is 8.67. The van der Waals surface area contributed by atoms with Gasteiger partial charge in [0, 0.05) is 25.2 Å². The topological polar surface area (TPSA) is 173 Å². The quantitative estimate of drug-likeness (QED) is 0.0447. The first-order chi connectivity index (χ1) is 28.8. The van der Waals surface area contributed by atoms with Gasteiger partial charge in [0.1, 0.15) is 34.9 Å². The maximum atomic E-state index is 17.4. The highest BCUT2D eigenvalue weighted by Gasteiger charge is 2.51. The van der Waals surface area contributed by atoms with Crippen molar-refractivity contribution in [3.63, 3.8) is 0 Å². The van der Waals surface area contributed by atoms with Crippen LogP contribution in [0, 0.1) is 11.3 Å². The van der Waals surface area contributed by atoms with Crippen molar-refractivity contribution in [3.05, 3.63) is 118 Å². The van der Waals surface area contributed by atoms with Crippen LogP contribution in [-0.2, 0) is 33.7 Å². The lowest BCUT2D eigenvalue weighted by Gasteiger charge is -2.39. The summed E-state index contributed by atoms with van der Waals surface area (Å²) in [7, 11) is 2.22. The maximum Gasteiger partial charge on any atom is 0.351 e. The smallest absolute Gasteiger partial charge is 0.351 e. The van der Waals surface area contributed by atoms with Crippen molar-refractivity contribution >= 4 is 26.2 Å². The molecule has 0 bridgehead atoms. The standard InChI is InChI=1S/C43H51FN5O10P/c1-27(2)49(28(3)4)60(57-24-12-23-45)59-38-36(58-40(37(38)44)48-25-35(41(51)55-8)39(46-29(5)50)47-42(48)52)26-56-43(30-13-10-9-11-14-30,31-15-19-33(53-6)20-16-31)32-17-21-34(54-7)22-18-32/h9-11,13-22,25,27-28,36-38,40H,12,24,26H2,1-8H3,(H,46,47,50,52)/t36-,37?,38-,40+,60?/m1/s1. The van der Waals surface area contributed by atoms with E-state index in [4.69, 9.17) is 32.7 Å². The normalized spacial score (nSPS) is 18.3. The van der Waals surface area contributed by atoms with Crippen LogP contribution < -0.4 is 20.5 Å². The second kappa shape index (κ2) is 20.8. The molecule has 1 aliphatic heterocycles. The molecule has 60 heavy (non-hydrogen) atoms. The summed E-state index contributed by atoms with van der Waals surface area (Å²) >= 11 is 0. The summed E-state index contributed by atoms with van der Waals surface area (Å²) in [4.78, 5) is 42.4. The number of halogens is 1. The van der Waals surface area contributed by atoms with Crippen molar-refractivity contribution in [1.29, 1.82) is 5.26 Å². The lowest BCUT2D eigenvalue weighted by molar-refractivity contribution is -0.114. The van der Waals surface area contributed by atoms with Gasteiger partial charge in [-0.3, -0.25) is 9.36 Å². The highest BCUT2D eigenvalue weighted by Crippen LogP contribution is 2.51. The van der Waals surface area contributed by atoms with Crippen LogP contribution >= 0.6 is 8.53 Å². The fourth-order valence-corrected chi connectivity index (χ4v) is 8.80. The summed E-state index contributed by atoms with van der Waals surface area (Å²) in [5, 5.41) is 11.7. The van der Waals surface area contributed by atoms with Gasteiger partial charge in [0.05, 0.1) is 47.0 Å². The fraction of sp³-hybridized carbons (Fsp3) is 0.419. The number of nitrogens with one attached hydrogen (secondary N) is 1. The zero-order valence-electron chi connectivity index (χ0n) is 34.9. The van der Waals surface area contributed by atoms with Gasteiger partial charge in [-0.2, -0.15) is 10.2 Å². The van der Waals surface area contributed by atoms with Crippen molar-refractivity contribution in [2.75, 3.05) is 39.9 Å². The number of esters is 1. The van der Waals surface area contributed by atoms with Crippen LogP contribution in [0.25, 0.3) is 0 Å². The van der Waals surface area contributed by atoms with Crippen LogP contribution in [0.5, 0.6) is 11.5 Å². The molecule has 1 aliphatic rings. The molecule has 5 atom stereocenters. The molecule has 1 N–H and O–H groups in total. The van der Waals surface area contributed by atoms with Crippen molar-refractivity contribution in [3.8, 4) is 17.6 Å². The molecule has 0 radical (unpaired) electrons. The number of aromatic nitrogens is 2. The number of rotatable bonds is 19. The van der Waals surface area contributed by atoms with Crippen LogP contribution in [0.4, 0.5) is 10.2 Å². The Morgan fingerprint density at radius 2 is 1.52 bits per heavy atom. The Morgan fingerprint density at radius 1 is 0.950 bits per heavy atom. The first-order valence-corrected chi connectivity index (χ1v) is 20.4. The number of hydrogen-bond acceptors (Lipinski definition) is 13. The molecule has 15 nitrogen and oxygen atoms in total. The summed E-state index contributed by atoms with van der Waals surface area (Å²) in [6, 6.07) is 26.0. The summed E-state index contributed by atoms with van der Waals surface area (Å²) in [6.07, 6.45) is -5.34. The second-order valence-corrected chi connectivity index (χ2v) is 15.7. The molecule has 1 amide bonds. The number of benzene rings is 3. The van der Waals surface area contributed by atoms with Crippen molar-refractivity contribution in [2.24, 2.45) is 0 Å². The molecule has 17 heteroatoms. The number of carbonyl (C=O) groups excluding carboxylic acids is 2. The highest BCUT2D eigenvalue weighted by molar-refractivity contribution is 7.44. The first kappa shape index (κ1) is 45.8. The molecular formula is C43H51FN5O10P. The van der Waals surface area contributed by atoms with Gasteiger partial charge < -0.3 is 38.0 Å². The van der Waals surface area contributed by atoms with Gasteiger partial charge in [0.15, 0.2) is 18.2 Å². The molecule has 1 aromatic heterocycles. The predicted octanol–water partition coefficient (Wildman–Crippen LogP) is 6.91. The average molecular weight is 848 g/mol. The minimum atomic E-state index is -2.07. The third-order valence-corrected chi connectivity index (χ3v) is 11.8. The van der Waals surface area contributed by atoms with Crippen LogP contribution in [0.15, 0.2) is 89.9 Å². The van der Waals surface area contributed by atoms with E-state index in [2.05, 4.69) is 16.4 Å². The van der Waals surface area contributed by atoms with Gasteiger partial charge in [-0.05, 0) is 68.7 Å². The zero-order valence-corrected chi connectivity index (χ0v) is 35.8. The minimum absolute atomic E-state index is 0.00973. The Labute approximate surface area is 350 Å². The number of alkyl halides is 1. The predicted molar refractivity (Wildman–Crippen MR) is 221 cm³/mol. The van der Waals surface area contributed by atoms with E-state index >= 15 is 4.39 Å². The number of nitriles is 1. The van der Waals surface area contributed by atoms with Gasteiger partial charge in [-0.15, -0.1) is 0 Å². The molecule has 2 heterocycles. The van der Waals surface area contributed by atoms with Crippen LogP contribution in [-0.4, -0.2) is 91.1 Å². The number of anilines is 1. The van der Waals surface area contributed by atoms with Crippen molar-refractivity contribution in [2.45, 2.75) is 83.3 Å². The molecule has 2 unspecified atom stereocenters.